The van der Waals surface area contributed by atoms with Gasteiger partial charge < -0.3 is 20.4 Å². The van der Waals surface area contributed by atoms with E-state index in [-0.39, 0.29) is 28.2 Å². The number of carboxylic acid groups (broad SMARTS) is 1. The summed E-state index contributed by atoms with van der Waals surface area (Å²) in [5.74, 6) is -2.49. The van der Waals surface area contributed by atoms with Crippen molar-refractivity contribution in [1.82, 2.24) is 0 Å². The Morgan fingerprint density at radius 2 is 1.57 bits per heavy atom. The van der Waals surface area contributed by atoms with Crippen LogP contribution in [-0.2, 0) is 17.6 Å². The smallest absolute Gasteiger partial charge is 0.307 e. The van der Waals surface area contributed by atoms with Gasteiger partial charge in [0.2, 0.25) is 0 Å². The van der Waals surface area contributed by atoms with Gasteiger partial charge in [-0.15, -0.1) is 0 Å². The predicted molar refractivity (Wildman–Crippen MR) is 82.0 cm³/mol. The first-order valence-electron chi connectivity index (χ1n) is 6.97. The van der Waals surface area contributed by atoms with E-state index in [4.69, 9.17) is 5.11 Å². The van der Waals surface area contributed by atoms with Gasteiger partial charge in [-0.25, -0.2) is 0 Å². The molecule has 0 aliphatic heterocycles. The van der Waals surface area contributed by atoms with E-state index >= 15 is 0 Å². The minimum atomic E-state index is -1.18. The number of phenolic OH excluding ortho intramolecular Hbond substituents is 3. The molecule has 0 bridgehead atoms. The first-order chi connectivity index (χ1) is 10.8. The number of aromatic hydroxyl groups is 3. The Morgan fingerprint density at radius 3 is 2.09 bits per heavy atom. The molecule has 0 unspecified atom stereocenters. The molecule has 120 valence electrons. The van der Waals surface area contributed by atoms with Crippen LogP contribution in [-0.4, -0.2) is 32.2 Å². The van der Waals surface area contributed by atoms with Gasteiger partial charge in [0, 0.05) is 11.6 Å². The van der Waals surface area contributed by atoms with Crippen molar-refractivity contribution in [3.05, 3.63) is 52.6 Å². The highest BCUT2D eigenvalue weighted by atomic mass is 16.4. The maximum absolute atomic E-state index is 12.6. The molecule has 0 aliphatic rings. The molecule has 0 radical (unpaired) electrons. The van der Waals surface area contributed by atoms with Crippen LogP contribution in [0, 0.1) is 0 Å². The molecule has 0 spiro atoms. The number of carbonyl (C=O) groups excluding carboxylic acids is 1. The summed E-state index contributed by atoms with van der Waals surface area (Å²) in [6.07, 6.45) is -0.186. The highest BCUT2D eigenvalue weighted by molar-refractivity contribution is 6.12. The molecule has 2 aromatic carbocycles. The third kappa shape index (κ3) is 3.26. The number of rotatable bonds is 5. The number of benzene rings is 2. The molecule has 2 aromatic rings. The first kappa shape index (κ1) is 16.4. The predicted octanol–water partition coefficient (Wildman–Crippen LogP) is 2.22. The van der Waals surface area contributed by atoms with Gasteiger partial charge in [-0.05, 0) is 41.8 Å². The van der Waals surface area contributed by atoms with Crippen molar-refractivity contribution < 1.29 is 30.0 Å². The standard InChI is InChI=1S/C17H16O6/c1-2-11-12(7-15(21)22)16(14(20)8-13(11)19)17(23)9-3-5-10(18)6-4-9/h3-6,8,18-20H,2,7H2,1H3,(H,21,22). The molecule has 0 atom stereocenters. The summed E-state index contributed by atoms with van der Waals surface area (Å²) in [6.45, 7) is 1.71. The quantitative estimate of drug-likeness (QED) is 0.629. The normalized spacial score (nSPS) is 10.5. The van der Waals surface area contributed by atoms with Gasteiger partial charge in [0.25, 0.3) is 0 Å². The molecule has 6 heteroatoms. The van der Waals surface area contributed by atoms with Crippen molar-refractivity contribution in [2.45, 2.75) is 19.8 Å². The van der Waals surface area contributed by atoms with E-state index in [1.807, 2.05) is 0 Å². The van der Waals surface area contributed by atoms with Crippen LogP contribution in [0.3, 0.4) is 0 Å². The molecule has 0 heterocycles. The highest BCUT2D eigenvalue weighted by Crippen LogP contribution is 2.35. The van der Waals surface area contributed by atoms with Crippen LogP contribution in [0.15, 0.2) is 30.3 Å². The van der Waals surface area contributed by atoms with Crippen molar-refractivity contribution in [2.75, 3.05) is 0 Å². The summed E-state index contributed by atoms with van der Waals surface area (Å²) < 4.78 is 0. The summed E-state index contributed by atoms with van der Waals surface area (Å²) in [6, 6.07) is 6.43. The molecular weight excluding hydrogens is 300 g/mol. The number of hydrogen-bond donors (Lipinski definition) is 4. The average Bonchev–Trinajstić information content (AvgIpc) is 2.47. The Kier molecular flexibility index (Phi) is 4.55. The number of carboxylic acids is 1. The summed E-state index contributed by atoms with van der Waals surface area (Å²) in [7, 11) is 0. The Labute approximate surface area is 132 Å². The lowest BCUT2D eigenvalue weighted by Gasteiger charge is -2.15. The van der Waals surface area contributed by atoms with Gasteiger partial charge in [-0.2, -0.15) is 0 Å². The largest absolute Gasteiger partial charge is 0.508 e. The number of carbonyl (C=O) groups is 2. The minimum Gasteiger partial charge on any atom is -0.508 e. The maximum atomic E-state index is 12.6. The van der Waals surface area contributed by atoms with Gasteiger partial charge in [-0.3, -0.25) is 9.59 Å². The van der Waals surface area contributed by atoms with Crippen molar-refractivity contribution in [3.63, 3.8) is 0 Å². The molecule has 0 saturated carbocycles. The number of ketones is 1. The van der Waals surface area contributed by atoms with Gasteiger partial charge >= 0.3 is 5.97 Å². The van der Waals surface area contributed by atoms with E-state index in [9.17, 15) is 24.9 Å². The number of aliphatic carboxylic acids is 1. The van der Waals surface area contributed by atoms with Crippen LogP contribution in [0.2, 0.25) is 0 Å². The van der Waals surface area contributed by atoms with E-state index in [0.29, 0.717) is 12.0 Å². The van der Waals surface area contributed by atoms with Crippen molar-refractivity contribution in [3.8, 4) is 17.2 Å². The Bertz CT molecular complexity index is 762. The molecule has 0 amide bonds. The van der Waals surface area contributed by atoms with Gasteiger partial charge in [0.15, 0.2) is 5.78 Å². The zero-order valence-corrected chi connectivity index (χ0v) is 12.4. The second kappa shape index (κ2) is 6.39. The Hall–Kier alpha value is -3.02. The molecule has 0 fully saturated rings. The zero-order chi connectivity index (χ0) is 17.1. The maximum Gasteiger partial charge on any atom is 0.307 e. The lowest BCUT2D eigenvalue weighted by Crippen LogP contribution is -2.12. The van der Waals surface area contributed by atoms with E-state index in [2.05, 4.69) is 0 Å². The summed E-state index contributed by atoms with van der Waals surface area (Å²) in [5, 5.41) is 38.3. The van der Waals surface area contributed by atoms with E-state index in [1.165, 1.54) is 24.3 Å². The van der Waals surface area contributed by atoms with Gasteiger partial charge in [0.1, 0.15) is 17.2 Å². The van der Waals surface area contributed by atoms with E-state index < -0.39 is 23.9 Å². The number of phenols is 3. The number of hydrogen-bond acceptors (Lipinski definition) is 5. The van der Waals surface area contributed by atoms with Crippen molar-refractivity contribution in [2.24, 2.45) is 0 Å². The molecule has 0 saturated heterocycles. The van der Waals surface area contributed by atoms with Crippen molar-refractivity contribution >= 4 is 11.8 Å². The third-order valence-electron chi connectivity index (χ3n) is 3.54. The molecule has 2 rings (SSSR count). The lowest BCUT2D eigenvalue weighted by molar-refractivity contribution is -0.136. The monoisotopic (exact) mass is 316 g/mol. The Balaban J connectivity index is 2.66. The fourth-order valence-electron chi connectivity index (χ4n) is 2.50. The summed E-state index contributed by atoms with van der Waals surface area (Å²) in [5.41, 5.74) is 0.452. The SMILES string of the molecule is CCc1c(O)cc(O)c(C(=O)c2ccc(O)cc2)c1CC(=O)O. The van der Waals surface area contributed by atoms with Crippen LogP contribution in [0.4, 0.5) is 0 Å². The highest BCUT2D eigenvalue weighted by Gasteiger charge is 2.24. The molecule has 6 nitrogen and oxygen atoms in total. The van der Waals surface area contributed by atoms with Crippen LogP contribution in [0.1, 0.15) is 34.0 Å². The van der Waals surface area contributed by atoms with Crippen LogP contribution < -0.4 is 0 Å². The topological polar surface area (TPSA) is 115 Å². The molecule has 0 aromatic heterocycles. The second-order valence-corrected chi connectivity index (χ2v) is 5.05. The third-order valence-corrected chi connectivity index (χ3v) is 3.54. The first-order valence-corrected chi connectivity index (χ1v) is 6.97. The fourth-order valence-corrected chi connectivity index (χ4v) is 2.50. The average molecular weight is 316 g/mol. The molecule has 0 aliphatic carbocycles. The van der Waals surface area contributed by atoms with Crippen LogP contribution >= 0.6 is 0 Å². The van der Waals surface area contributed by atoms with Gasteiger partial charge in [0.05, 0.1) is 12.0 Å². The fraction of sp³-hybridized carbons (Fsp3) is 0.176. The Morgan fingerprint density at radius 1 is 0.957 bits per heavy atom. The summed E-state index contributed by atoms with van der Waals surface area (Å²) >= 11 is 0. The van der Waals surface area contributed by atoms with E-state index in [0.717, 1.165) is 6.07 Å². The molecular formula is C17H16O6. The minimum absolute atomic E-state index is 0.0171. The summed E-state index contributed by atoms with van der Waals surface area (Å²) in [4.78, 5) is 23.8. The molecule has 23 heavy (non-hydrogen) atoms. The molecule has 4 N–H and O–H groups in total. The van der Waals surface area contributed by atoms with Gasteiger partial charge in [-0.1, -0.05) is 6.92 Å². The van der Waals surface area contributed by atoms with Crippen LogP contribution in [0.25, 0.3) is 0 Å². The van der Waals surface area contributed by atoms with Crippen LogP contribution in [0.5, 0.6) is 17.2 Å². The van der Waals surface area contributed by atoms with Crippen molar-refractivity contribution in [1.29, 1.82) is 0 Å². The zero-order valence-electron chi connectivity index (χ0n) is 12.4. The van der Waals surface area contributed by atoms with E-state index in [1.54, 1.807) is 6.92 Å². The second-order valence-electron chi connectivity index (χ2n) is 5.05. The lowest BCUT2D eigenvalue weighted by atomic mass is 9.90.